The van der Waals surface area contributed by atoms with Crippen molar-refractivity contribution in [2.75, 3.05) is 51.3 Å². The molecule has 0 bridgehead atoms. The Morgan fingerprint density at radius 3 is 2.49 bits per heavy atom. The Hall–Kier alpha value is -4.36. The van der Waals surface area contributed by atoms with Crippen LogP contribution in [0, 0.1) is 6.92 Å². The molecule has 1 aliphatic rings. The van der Waals surface area contributed by atoms with Gasteiger partial charge in [-0.25, -0.2) is 0 Å². The number of anilines is 1. The molecule has 2 heterocycles. The van der Waals surface area contributed by atoms with E-state index in [-0.39, 0.29) is 11.3 Å². The Morgan fingerprint density at radius 2 is 1.72 bits per heavy atom. The molecule has 0 aliphatic carbocycles. The zero-order chi connectivity index (χ0) is 27.2. The number of hydrogen-bond acceptors (Lipinski definition) is 6. The van der Waals surface area contributed by atoms with Gasteiger partial charge < -0.3 is 19.4 Å². The van der Waals surface area contributed by atoms with Crippen LogP contribution in [0.4, 0.5) is 5.69 Å². The van der Waals surface area contributed by atoms with Crippen molar-refractivity contribution >= 4 is 28.6 Å². The van der Waals surface area contributed by atoms with Crippen LogP contribution in [0.3, 0.4) is 0 Å². The molecule has 7 heteroatoms. The summed E-state index contributed by atoms with van der Waals surface area (Å²) in [6, 6.07) is 23.1. The summed E-state index contributed by atoms with van der Waals surface area (Å²) in [6.45, 7) is 6.77. The SMILES string of the molecule is COc1ccccc1N1CCN(CCNC(=O)/C=C/c2cccc3c(=O)c(C)c(-c4ccccc4)oc23)CC1. The molecule has 4 aromatic rings. The van der Waals surface area contributed by atoms with Crippen molar-refractivity contribution in [3.8, 4) is 17.1 Å². The number of carbonyl (C=O) groups is 1. The highest BCUT2D eigenvalue weighted by Crippen LogP contribution is 2.29. The summed E-state index contributed by atoms with van der Waals surface area (Å²) >= 11 is 0. The minimum atomic E-state index is -0.183. The van der Waals surface area contributed by atoms with Crippen molar-refractivity contribution in [2.45, 2.75) is 6.92 Å². The van der Waals surface area contributed by atoms with E-state index in [1.54, 1.807) is 26.2 Å². The van der Waals surface area contributed by atoms with Gasteiger partial charge in [0.1, 0.15) is 17.1 Å². The summed E-state index contributed by atoms with van der Waals surface area (Å²) in [4.78, 5) is 30.3. The zero-order valence-electron chi connectivity index (χ0n) is 22.4. The Morgan fingerprint density at radius 1 is 0.974 bits per heavy atom. The molecule has 1 aromatic heterocycles. The topological polar surface area (TPSA) is 75.0 Å². The standard InChI is InChI=1S/C32H33N3O4/c1-23-30(37)26-12-8-11-25(32(26)39-31(23)24-9-4-3-5-10-24)15-16-29(36)33-17-18-34-19-21-35(22-20-34)27-13-6-7-14-28(27)38-2/h3-16H,17-22H2,1-2H3,(H,33,36)/b16-15+. The quantitative estimate of drug-likeness (QED) is 0.337. The van der Waals surface area contributed by atoms with Crippen molar-refractivity contribution in [2.24, 2.45) is 0 Å². The van der Waals surface area contributed by atoms with E-state index in [4.69, 9.17) is 9.15 Å². The Kier molecular flexibility index (Phi) is 8.08. The van der Waals surface area contributed by atoms with Crippen LogP contribution < -0.4 is 20.4 Å². The molecular weight excluding hydrogens is 490 g/mol. The number of carbonyl (C=O) groups excluding carboxylic acids is 1. The first-order valence-corrected chi connectivity index (χ1v) is 13.2. The Balaban J connectivity index is 1.19. The molecule has 39 heavy (non-hydrogen) atoms. The molecule has 0 spiro atoms. The minimum Gasteiger partial charge on any atom is -0.495 e. The molecular formula is C32H33N3O4. The fourth-order valence-electron chi connectivity index (χ4n) is 4.99. The second-order valence-electron chi connectivity index (χ2n) is 9.60. The van der Waals surface area contributed by atoms with Crippen molar-refractivity contribution in [3.63, 3.8) is 0 Å². The second-order valence-corrected chi connectivity index (χ2v) is 9.60. The van der Waals surface area contributed by atoms with E-state index >= 15 is 0 Å². The third kappa shape index (κ3) is 5.89. The first-order valence-electron chi connectivity index (χ1n) is 13.2. The van der Waals surface area contributed by atoms with Gasteiger partial charge in [-0.2, -0.15) is 0 Å². The number of piperazine rings is 1. The Labute approximate surface area is 228 Å². The van der Waals surface area contributed by atoms with Crippen molar-refractivity contribution in [3.05, 3.63) is 100 Å². The maximum Gasteiger partial charge on any atom is 0.244 e. The normalized spacial score (nSPS) is 14.2. The van der Waals surface area contributed by atoms with Crippen molar-refractivity contribution in [1.29, 1.82) is 0 Å². The van der Waals surface area contributed by atoms with Crippen molar-refractivity contribution in [1.82, 2.24) is 10.2 Å². The lowest BCUT2D eigenvalue weighted by Gasteiger charge is -2.36. The molecule has 0 atom stereocenters. The molecule has 1 aliphatic heterocycles. The van der Waals surface area contributed by atoms with Crippen LogP contribution in [-0.4, -0.2) is 57.2 Å². The monoisotopic (exact) mass is 523 g/mol. The maximum atomic E-state index is 13.1. The van der Waals surface area contributed by atoms with Gasteiger partial charge in [-0.1, -0.05) is 54.6 Å². The second kappa shape index (κ2) is 12.0. The number of amides is 1. The van der Waals surface area contributed by atoms with Gasteiger partial charge >= 0.3 is 0 Å². The number of para-hydroxylation sites is 3. The molecule has 7 nitrogen and oxygen atoms in total. The Bertz CT molecular complexity index is 1540. The smallest absolute Gasteiger partial charge is 0.244 e. The van der Waals surface area contributed by atoms with Crippen LogP contribution in [0.25, 0.3) is 28.4 Å². The van der Waals surface area contributed by atoms with E-state index in [1.807, 2.05) is 60.7 Å². The van der Waals surface area contributed by atoms with Crippen LogP contribution >= 0.6 is 0 Å². The summed E-state index contributed by atoms with van der Waals surface area (Å²) in [6.07, 6.45) is 3.20. The van der Waals surface area contributed by atoms with E-state index in [9.17, 15) is 9.59 Å². The van der Waals surface area contributed by atoms with Gasteiger partial charge in [0.25, 0.3) is 0 Å². The molecule has 0 unspecified atom stereocenters. The van der Waals surface area contributed by atoms with Crippen LogP contribution in [0.1, 0.15) is 11.1 Å². The largest absolute Gasteiger partial charge is 0.495 e. The van der Waals surface area contributed by atoms with Crippen LogP contribution in [0.2, 0.25) is 0 Å². The lowest BCUT2D eigenvalue weighted by molar-refractivity contribution is -0.116. The molecule has 5 rings (SSSR count). The summed E-state index contributed by atoms with van der Waals surface area (Å²) in [5.41, 5.74) is 3.62. The van der Waals surface area contributed by atoms with E-state index < -0.39 is 0 Å². The van der Waals surface area contributed by atoms with E-state index in [0.717, 1.165) is 49.7 Å². The van der Waals surface area contributed by atoms with Gasteiger partial charge in [0.05, 0.1) is 18.2 Å². The highest BCUT2D eigenvalue weighted by Gasteiger charge is 2.19. The number of methoxy groups -OCH3 is 1. The van der Waals surface area contributed by atoms with Gasteiger partial charge in [0.15, 0.2) is 5.43 Å². The summed E-state index contributed by atoms with van der Waals surface area (Å²) in [5, 5.41) is 3.48. The van der Waals surface area contributed by atoms with Gasteiger partial charge in [-0.15, -0.1) is 0 Å². The molecule has 1 N–H and O–H groups in total. The van der Waals surface area contributed by atoms with Crippen LogP contribution in [0.5, 0.6) is 5.75 Å². The summed E-state index contributed by atoms with van der Waals surface area (Å²) in [5.74, 6) is 1.25. The molecule has 1 amide bonds. The third-order valence-corrected chi connectivity index (χ3v) is 7.15. The number of ether oxygens (including phenoxy) is 1. The lowest BCUT2D eigenvalue weighted by Crippen LogP contribution is -2.48. The van der Waals surface area contributed by atoms with Gasteiger partial charge in [-0.3, -0.25) is 14.5 Å². The average Bonchev–Trinajstić information content (AvgIpc) is 2.98. The average molecular weight is 524 g/mol. The molecule has 3 aromatic carbocycles. The predicted octanol–water partition coefficient (Wildman–Crippen LogP) is 4.73. The molecule has 1 saturated heterocycles. The number of nitrogens with zero attached hydrogens (tertiary/aromatic N) is 2. The van der Waals surface area contributed by atoms with Gasteiger partial charge in [-0.05, 0) is 31.2 Å². The molecule has 1 fully saturated rings. The van der Waals surface area contributed by atoms with Crippen molar-refractivity contribution < 1.29 is 13.9 Å². The van der Waals surface area contributed by atoms with E-state index in [2.05, 4.69) is 21.2 Å². The fraction of sp³-hybridized carbons (Fsp3) is 0.250. The van der Waals surface area contributed by atoms with E-state index in [1.165, 1.54) is 6.08 Å². The maximum absolute atomic E-state index is 13.1. The number of hydrogen-bond donors (Lipinski definition) is 1. The number of rotatable bonds is 8. The first kappa shape index (κ1) is 26.3. The number of fused-ring (bicyclic) bond motifs is 1. The predicted molar refractivity (Wildman–Crippen MR) is 156 cm³/mol. The fourth-order valence-corrected chi connectivity index (χ4v) is 4.99. The number of benzene rings is 3. The summed E-state index contributed by atoms with van der Waals surface area (Å²) in [7, 11) is 1.70. The highest BCUT2D eigenvalue weighted by molar-refractivity contribution is 5.95. The zero-order valence-corrected chi connectivity index (χ0v) is 22.4. The van der Waals surface area contributed by atoms with E-state index in [0.29, 0.717) is 34.4 Å². The van der Waals surface area contributed by atoms with Crippen LogP contribution in [-0.2, 0) is 4.79 Å². The number of nitrogens with one attached hydrogen (secondary N) is 1. The summed E-state index contributed by atoms with van der Waals surface area (Å²) < 4.78 is 11.7. The highest BCUT2D eigenvalue weighted by atomic mass is 16.5. The molecule has 200 valence electrons. The van der Waals surface area contributed by atoms with Gasteiger partial charge in [0.2, 0.25) is 5.91 Å². The van der Waals surface area contributed by atoms with Crippen LogP contribution in [0.15, 0.2) is 88.1 Å². The lowest BCUT2D eigenvalue weighted by atomic mass is 10.0. The molecule has 0 radical (unpaired) electrons. The molecule has 0 saturated carbocycles. The van der Waals surface area contributed by atoms with Gasteiger partial charge in [0, 0.05) is 62.0 Å². The minimum absolute atomic E-state index is 0.0689. The first-order chi connectivity index (χ1) is 19.0. The third-order valence-electron chi connectivity index (χ3n) is 7.15.